The third-order valence-corrected chi connectivity index (χ3v) is 4.46. The van der Waals surface area contributed by atoms with Gasteiger partial charge in [0.05, 0.1) is 13.2 Å². The lowest BCUT2D eigenvalue weighted by Crippen LogP contribution is -2.26. The summed E-state index contributed by atoms with van der Waals surface area (Å²) in [5.41, 5.74) is 0. The maximum absolute atomic E-state index is 11.5. The Labute approximate surface area is 180 Å². The summed E-state index contributed by atoms with van der Waals surface area (Å²) in [6, 6.07) is 0. The Morgan fingerprint density at radius 2 is 1.07 bits per heavy atom. The van der Waals surface area contributed by atoms with Crippen molar-refractivity contribution in [3.8, 4) is 0 Å². The summed E-state index contributed by atoms with van der Waals surface area (Å²) in [5.74, 6) is 0. The maximum atomic E-state index is 11.5. The van der Waals surface area contributed by atoms with E-state index < -0.39 is 0 Å². The minimum absolute atomic E-state index is 0.222. The molecule has 3 amide bonds. The van der Waals surface area contributed by atoms with Crippen LogP contribution >= 0.6 is 0 Å². The van der Waals surface area contributed by atoms with Crippen molar-refractivity contribution in [1.82, 2.24) is 16.0 Å². The summed E-state index contributed by atoms with van der Waals surface area (Å²) >= 11 is 0. The quantitative estimate of drug-likeness (QED) is 0.164. The minimum Gasteiger partial charge on any atom is -0.450 e. The van der Waals surface area contributed by atoms with Crippen molar-refractivity contribution in [3.05, 3.63) is 0 Å². The fourth-order valence-electron chi connectivity index (χ4n) is 2.73. The Bertz CT molecular complexity index is 424. The van der Waals surface area contributed by atoms with Gasteiger partial charge in [0.2, 0.25) is 6.41 Å². The molecule has 0 saturated carbocycles. The molecule has 0 radical (unpaired) electrons. The van der Waals surface area contributed by atoms with Crippen LogP contribution in [-0.2, 0) is 14.3 Å². The zero-order chi connectivity index (χ0) is 22.1. The molecule has 0 atom stereocenters. The van der Waals surface area contributed by atoms with Gasteiger partial charge in [-0.05, 0) is 51.4 Å². The highest BCUT2D eigenvalue weighted by atomic mass is 16.6. The van der Waals surface area contributed by atoms with Crippen molar-refractivity contribution in [1.29, 1.82) is 0 Å². The molecule has 176 valence electrons. The smallest absolute Gasteiger partial charge is 0.407 e. The van der Waals surface area contributed by atoms with E-state index in [2.05, 4.69) is 16.0 Å². The van der Waals surface area contributed by atoms with Gasteiger partial charge < -0.3 is 30.5 Å². The number of aliphatic hydroxyl groups excluding tert-OH is 1. The number of amides is 3. The van der Waals surface area contributed by atoms with E-state index in [0.717, 1.165) is 77.0 Å². The normalized spacial score (nSPS) is 10.3. The second kappa shape index (κ2) is 23.3. The van der Waals surface area contributed by atoms with Gasteiger partial charge in [0, 0.05) is 26.2 Å². The van der Waals surface area contributed by atoms with Crippen LogP contribution in [0.25, 0.3) is 0 Å². The highest BCUT2D eigenvalue weighted by Crippen LogP contribution is 2.01. The molecule has 0 saturated heterocycles. The molecule has 0 bridgehead atoms. The summed E-state index contributed by atoms with van der Waals surface area (Å²) < 4.78 is 10.2. The Hall–Kier alpha value is -2.03. The fourth-order valence-corrected chi connectivity index (χ4v) is 2.73. The number of hydrogen-bond donors (Lipinski definition) is 4. The summed E-state index contributed by atoms with van der Waals surface area (Å²) in [5, 5.41) is 16.7. The number of rotatable bonds is 21. The van der Waals surface area contributed by atoms with Crippen LogP contribution in [0.4, 0.5) is 9.59 Å². The van der Waals surface area contributed by atoms with Crippen LogP contribution in [0, 0.1) is 0 Å². The second-order valence-corrected chi connectivity index (χ2v) is 7.16. The first-order valence-corrected chi connectivity index (χ1v) is 11.3. The van der Waals surface area contributed by atoms with Crippen molar-refractivity contribution in [3.63, 3.8) is 0 Å². The first kappa shape index (κ1) is 28.0. The van der Waals surface area contributed by atoms with Gasteiger partial charge in [-0.1, -0.05) is 25.7 Å². The lowest BCUT2D eigenvalue weighted by molar-refractivity contribution is -0.109. The summed E-state index contributed by atoms with van der Waals surface area (Å²) in [6.07, 6.45) is 10.9. The molecular formula is C21H41N3O6. The molecule has 0 fully saturated rings. The Balaban J connectivity index is 3.26. The van der Waals surface area contributed by atoms with E-state index in [9.17, 15) is 14.4 Å². The van der Waals surface area contributed by atoms with Gasteiger partial charge in [0.1, 0.15) is 0 Å². The number of carbonyl (C=O) groups excluding carboxylic acids is 3. The van der Waals surface area contributed by atoms with Crippen LogP contribution in [0.2, 0.25) is 0 Å². The molecule has 0 unspecified atom stereocenters. The average Bonchev–Trinajstić information content (AvgIpc) is 2.74. The standard InChI is InChI=1S/C21H41N3O6/c25-16-10-4-1-8-14-23-20(27)30-18-12-6-3-9-15-24-21(28)29-17-11-5-2-7-13-22-19-26/h19,25H,1-18H2,(H,22,26)(H,23,27)(H,24,28). The van der Waals surface area contributed by atoms with Gasteiger partial charge >= 0.3 is 12.2 Å². The molecular weight excluding hydrogens is 390 g/mol. The lowest BCUT2D eigenvalue weighted by atomic mass is 10.2. The third-order valence-electron chi connectivity index (χ3n) is 4.46. The molecule has 0 rings (SSSR count). The van der Waals surface area contributed by atoms with E-state index in [1.54, 1.807) is 0 Å². The molecule has 9 heteroatoms. The van der Waals surface area contributed by atoms with Gasteiger partial charge in [-0.25, -0.2) is 9.59 Å². The van der Waals surface area contributed by atoms with Crippen LogP contribution in [0.5, 0.6) is 0 Å². The Morgan fingerprint density at radius 3 is 1.53 bits per heavy atom. The summed E-state index contributed by atoms with van der Waals surface area (Å²) in [4.78, 5) is 33.1. The molecule has 0 aliphatic rings. The Kier molecular flexibility index (Phi) is 21.7. The monoisotopic (exact) mass is 431 g/mol. The number of aliphatic hydroxyl groups is 1. The zero-order valence-corrected chi connectivity index (χ0v) is 18.3. The molecule has 0 aromatic heterocycles. The predicted molar refractivity (Wildman–Crippen MR) is 115 cm³/mol. The number of alkyl carbamates (subject to hydrolysis) is 2. The van der Waals surface area contributed by atoms with Crippen molar-refractivity contribution >= 4 is 18.6 Å². The summed E-state index contributed by atoms with van der Waals surface area (Å²) in [6.45, 7) is 2.90. The molecule has 4 N–H and O–H groups in total. The van der Waals surface area contributed by atoms with E-state index in [0.29, 0.717) is 39.3 Å². The number of ether oxygens (including phenoxy) is 2. The number of nitrogens with one attached hydrogen (secondary N) is 3. The van der Waals surface area contributed by atoms with Crippen LogP contribution in [0.1, 0.15) is 77.0 Å². The first-order chi connectivity index (χ1) is 14.7. The molecule has 0 aromatic rings. The van der Waals surface area contributed by atoms with Crippen LogP contribution < -0.4 is 16.0 Å². The SMILES string of the molecule is O=CNCCCCCCOC(=O)NCCCCCCOC(=O)NCCCCCCO. The lowest BCUT2D eigenvalue weighted by Gasteiger charge is -2.08. The molecule has 0 aliphatic heterocycles. The van der Waals surface area contributed by atoms with E-state index >= 15 is 0 Å². The summed E-state index contributed by atoms with van der Waals surface area (Å²) in [7, 11) is 0. The van der Waals surface area contributed by atoms with Crippen molar-refractivity contribution in [2.75, 3.05) is 39.5 Å². The van der Waals surface area contributed by atoms with Gasteiger partial charge in [-0.15, -0.1) is 0 Å². The fraction of sp³-hybridized carbons (Fsp3) is 0.857. The highest BCUT2D eigenvalue weighted by Gasteiger charge is 2.02. The van der Waals surface area contributed by atoms with Gasteiger partial charge in [-0.2, -0.15) is 0 Å². The largest absolute Gasteiger partial charge is 0.450 e. The number of unbranched alkanes of at least 4 members (excludes halogenated alkanes) is 9. The van der Waals surface area contributed by atoms with Gasteiger partial charge in [0.25, 0.3) is 0 Å². The Morgan fingerprint density at radius 1 is 0.633 bits per heavy atom. The molecule has 0 heterocycles. The average molecular weight is 432 g/mol. The van der Waals surface area contributed by atoms with Crippen molar-refractivity contribution in [2.24, 2.45) is 0 Å². The highest BCUT2D eigenvalue weighted by molar-refractivity contribution is 5.67. The molecule has 30 heavy (non-hydrogen) atoms. The van der Waals surface area contributed by atoms with Crippen LogP contribution in [0.15, 0.2) is 0 Å². The van der Waals surface area contributed by atoms with Gasteiger partial charge in [0.15, 0.2) is 0 Å². The topological polar surface area (TPSA) is 126 Å². The van der Waals surface area contributed by atoms with E-state index in [4.69, 9.17) is 14.6 Å². The van der Waals surface area contributed by atoms with E-state index in [1.807, 2.05) is 0 Å². The molecule has 0 aliphatic carbocycles. The third kappa shape index (κ3) is 22.3. The second-order valence-electron chi connectivity index (χ2n) is 7.16. The number of carbonyl (C=O) groups is 3. The number of hydrogen-bond acceptors (Lipinski definition) is 6. The first-order valence-electron chi connectivity index (χ1n) is 11.3. The van der Waals surface area contributed by atoms with Gasteiger partial charge in [-0.3, -0.25) is 4.79 Å². The maximum Gasteiger partial charge on any atom is 0.407 e. The minimum atomic E-state index is -0.381. The zero-order valence-electron chi connectivity index (χ0n) is 18.3. The molecule has 9 nitrogen and oxygen atoms in total. The van der Waals surface area contributed by atoms with Crippen LogP contribution in [0.3, 0.4) is 0 Å². The predicted octanol–water partition coefficient (Wildman–Crippen LogP) is 2.86. The van der Waals surface area contributed by atoms with Crippen molar-refractivity contribution in [2.45, 2.75) is 77.0 Å². The molecule has 0 aromatic carbocycles. The van der Waals surface area contributed by atoms with E-state index in [-0.39, 0.29) is 18.8 Å². The van der Waals surface area contributed by atoms with Crippen LogP contribution in [-0.4, -0.2) is 63.2 Å². The van der Waals surface area contributed by atoms with E-state index in [1.165, 1.54) is 0 Å². The molecule has 0 spiro atoms. The van der Waals surface area contributed by atoms with Crippen molar-refractivity contribution < 1.29 is 29.0 Å².